The summed E-state index contributed by atoms with van der Waals surface area (Å²) >= 11 is 0. The van der Waals surface area contributed by atoms with Crippen molar-refractivity contribution in [1.82, 2.24) is 0 Å². The maximum atomic E-state index is 15.2. The van der Waals surface area contributed by atoms with Crippen LogP contribution >= 0.6 is 7.14 Å². The molecule has 5 unspecified atom stereocenters. The van der Waals surface area contributed by atoms with Crippen molar-refractivity contribution in [1.29, 1.82) is 0 Å². The molecule has 3 nitrogen and oxygen atoms in total. The van der Waals surface area contributed by atoms with E-state index in [0.29, 0.717) is 17.3 Å². The molecule has 1 N–H and O–H groups in total. The molecule has 27 heavy (non-hydrogen) atoms. The van der Waals surface area contributed by atoms with E-state index in [1.807, 2.05) is 0 Å². The second kappa shape index (κ2) is 1.64. The first-order valence-electron chi connectivity index (χ1n) is 11.3. The van der Waals surface area contributed by atoms with Crippen LogP contribution in [0.15, 0.2) is 0 Å². The van der Waals surface area contributed by atoms with Gasteiger partial charge in [0.1, 0.15) is 0 Å². The van der Waals surface area contributed by atoms with Crippen molar-refractivity contribution < 1.29 is 20.9 Å². The molecule has 0 bridgehead atoms. The van der Waals surface area contributed by atoms with E-state index in [2.05, 4.69) is 41.5 Å². The first-order chi connectivity index (χ1) is 12.2. The summed E-state index contributed by atoms with van der Waals surface area (Å²) in [6.07, 6.45) is 0.692. The summed E-state index contributed by atoms with van der Waals surface area (Å²) in [4.78, 5) is 10.8. The van der Waals surface area contributed by atoms with E-state index in [4.69, 9.17) is 4.74 Å². The maximum absolute atomic E-state index is 15.2. The molecule has 0 saturated carbocycles. The molecule has 0 amide bonds. The predicted molar refractivity (Wildman–Crippen MR) is 105 cm³/mol. The van der Waals surface area contributed by atoms with Crippen LogP contribution in [0.4, 0.5) is 0 Å². The summed E-state index contributed by atoms with van der Waals surface area (Å²) in [5, 5.41) is 8.98. The van der Waals surface area contributed by atoms with Crippen LogP contribution in [0, 0.1) is 0 Å². The number of aliphatic hydroxyl groups excluding tert-OH is 1. The molecule has 10 aliphatic heterocycles. The number of ether oxygens (including phenoxy) is 1. The van der Waals surface area contributed by atoms with Gasteiger partial charge in [0.25, 0.3) is 0 Å². The fraction of sp³-hybridized carbons (Fsp3) is 1.00. The number of hydrogen-bond donors (Lipinski definition) is 1. The molecule has 0 aliphatic carbocycles. The van der Waals surface area contributed by atoms with Crippen LogP contribution in [0.25, 0.3) is 0 Å². The number of aliphatic hydroxyl groups is 1. The summed E-state index contributed by atoms with van der Waals surface area (Å²) in [5.41, 5.74) is 0. The Bertz CT molecular complexity index is 1190. The van der Waals surface area contributed by atoms with E-state index < -0.39 is 13.7 Å². The SMILES string of the molecule is CC(C)(C)P(=O)(C(OCCCO)[C]12[CH]3[CH]4[CH]5[CH]1[Fe]45321678[CH]2[CH]1[CH]6[CH]7[CH]28)C(C)(C)C. The molecule has 154 valence electrons. The Labute approximate surface area is 153 Å². The average molecular weight is 434 g/mol. The molecular formula is C22H35FeO3P. The zero-order valence-corrected chi connectivity index (χ0v) is 19.5. The summed E-state index contributed by atoms with van der Waals surface area (Å²) in [6.45, 7) is 10.7. The van der Waals surface area contributed by atoms with Crippen LogP contribution in [-0.4, -0.2) is 34.5 Å². The summed E-state index contributed by atoms with van der Waals surface area (Å²) < 4.78 is 22.6. The van der Waals surface area contributed by atoms with E-state index in [9.17, 15) is 5.11 Å². The Morgan fingerprint density at radius 1 is 0.926 bits per heavy atom. The normalized spacial score (nSPS) is 82.7. The quantitative estimate of drug-likeness (QED) is 0.298. The van der Waals surface area contributed by atoms with Crippen molar-refractivity contribution in [2.45, 2.75) is 112 Å². The third kappa shape index (κ3) is 0.262. The molecule has 0 aromatic rings. The Hall–Kier alpha value is 0.669. The Balaban J connectivity index is 1.26. The Morgan fingerprint density at radius 3 is 1.63 bits per heavy atom. The standard InChI is InChI=1S/C17H30O3P.C5H5.Fe/c1-16(2,3)21(19,17(4,5)6)15(20-13-9-12-18)14-10-7-8-11-14;1-2-4-5-3-1;/h7-8,10-11,15,18H,9,12-13H2,1-6H3;1-5H;. The first kappa shape index (κ1) is 14.6. The van der Waals surface area contributed by atoms with E-state index in [1.165, 1.54) is 33.7 Å². The van der Waals surface area contributed by atoms with Crippen LogP contribution in [0.2, 0.25) is 47.7 Å². The van der Waals surface area contributed by atoms with Crippen molar-refractivity contribution in [2.75, 3.05) is 13.2 Å². The van der Waals surface area contributed by atoms with Crippen molar-refractivity contribution in [3.63, 3.8) is 0 Å². The van der Waals surface area contributed by atoms with Crippen molar-refractivity contribution in [3.05, 3.63) is 0 Å². The number of rotatable bonds is 6. The van der Waals surface area contributed by atoms with Gasteiger partial charge in [-0.2, -0.15) is 0 Å². The molecular weight excluding hydrogens is 399 g/mol. The molecule has 5 atom stereocenters. The van der Waals surface area contributed by atoms with E-state index >= 15 is 4.57 Å². The van der Waals surface area contributed by atoms with Gasteiger partial charge in [0, 0.05) is 0 Å². The fourth-order valence-corrected chi connectivity index (χ4v) is 101. The van der Waals surface area contributed by atoms with Crippen molar-refractivity contribution in [3.8, 4) is 0 Å². The van der Waals surface area contributed by atoms with Gasteiger partial charge in [0.05, 0.1) is 0 Å². The zero-order valence-electron chi connectivity index (χ0n) is 17.5. The van der Waals surface area contributed by atoms with Crippen molar-refractivity contribution >= 4 is 7.14 Å². The molecule has 5 heteroatoms. The summed E-state index contributed by atoms with van der Waals surface area (Å²) in [6, 6.07) is 0. The molecule has 10 saturated heterocycles. The Kier molecular flexibility index (Phi) is 0.886. The van der Waals surface area contributed by atoms with Gasteiger partial charge in [-0.1, -0.05) is 0 Å². The Morgan fingerprint density at radius 2 is 1.37 bits per heavy atom. The second-order valence-electron chi connectivity index (χ2n) is 16.0. The molecule has 1 spiro atoms. The van der Waals surface area contributed by atoms with Gasteiger partial charge in [-0.3, -0.25) is 0 Å². The van der Waals surface area contributed by atoms with E-state index in [-0.39, 0.29) is 22.8 Å². The molecule has 10 fully saturated rings. The predicted octanol–water partition coefficient (Wildman–Crippen LogP) is 6.43. The van der Waals surface area contributed by atoms with E-state index in [1.54, 1.807) is 0 Å². The fourth-order valence-electron chi connectivity index (χ4n) is 19.5. The average Bonchev–Trinajstić information content (AvgIpc) is 3.49. The monoisotopic (exact) mass is 434 g/mol. The van der Waals surface area contributed by atoms with Crippen LogP contribution < -0.4 is 0 Å². The van der Waals surface area contributed by atoms with Gasteiger partial charge in [-0.15, -0.1) is 0 Å². The van der Waals surface area contributed by atoms with Crippen LogP contribution in [0.3, 0.4) is 0 Å². The minimum absolute atomic E-state index is 0.0329. The first-order valence-corrected chi connectivity index (χ1v) is 19.3. The van der Waals surface area contributed by atoms with Gasteiger partial charge >= 0.3 is 153 Å². The molecule has 10 rings (SSSR count). The molecule has 0 aromatic heterocycles. The van der Waals surface area contributed by atoms with Gasteiger partial charge in [0.2, 0.25) is 0 Å². The van der Waals surface area contributed by atoms with Crippen molar-refractivity contribution in [2.24, 2.45) is 0 Å². The summed E-state index contributed by atoms with van der Waals surface area (Å²) in [5.74, 6) is 0.0329. The second-order valence-corrected chi connectivity index (χ2v) is 44.1. The third-order valence-corrected chi connectivity index (χ3v) is 66.1. The van der Waals surface area contributed by atoms with Crippen LogP contribution in [0.1, 0.15) is 48.0 Å². The molecule has 0 aromatic carbocycles. The van der Waals surface area contributed by atoms with Gasteiger partial charge in [-0.05, 0) is 0 Å². The third-order valence-electron chi connectivity index (χ3n) is 18.1. The zero-order chi connectivity index (χ0) is 18.9. The number of fused-ring (bicyclic) bond motifs is 10. The summed E-state index contributed by atoms with van der Waals surface area (Å²) in [7, 11) is -2.62. The van der Waals surface area contributed by atoms with E-state index in [0.717, 1.165) is 9.63 Å². The van der Waals surface area contributed by atoms with Gasteiger partial charge in [0.15, 0.2) is 0 Å². The van der Waals surface area contributed by atoms with Gasteiger partial charge < -0.3 is 0 Å². The molecule has 10 heterocycles. The van der Waals surface area contributed by atoms with Gasteiger partial charge in [-0.25, -0.2) is 0 Å². The minimum atomic E-state index is -3.43. The van der Waals surface area contributed by atoms with Crippen LogP contribution in [0.5, 0.6) is 0 Å². The van der Waals surface area contributed by atoms with Crippen LogP contribution in [-0.2, 0) is 15.8 Å². The molecule has 0 radical (unpaired) electrons. The number of hydrogen-bond acceptors (Lipinski definition) is 3. The topological polar surface area (TPSA) is 46.5 Å². The molecule has 10 aliphatic rings.